The molecule has 0 spiro atoms. The molecule has 1 rings (SSSR count). The molecular weight excluding hydrogens is 234 g/mol. The van der Waals surface area contributed by atoms with E-state index in [0.29, 0.717) is 24.6 Å². The van der Waals surface area contributed by atoms with Gasteiger partial charge in [0.1, 0.15) is 11.6 Å². The Bertz CT molecular complexity index is 391. The van der Waals surface area contributed by atoms with Crippen molar-refractivity contribution < 1.29 is 8.78 Å². The highest BCUT2D eigenvalue weighted by molar-refractivity contribution is 5.26. The fourth-order valence-corrected chi connectivity index (χ4v) is 1.85. The lowest BCUT2D eigenvalue weighted by atomic mass is 9.84. The van der Waals surface area contributed by atoms with Gasteiger partial charge < -0.3 is 11.1 Å². The zero-order valence-electron chi connectivity index (χ0n) is 11.3. The molecule has 102 valence electrons. The first-order valence-electron chi connectivity index (χ1n) is 6.23. The van der Waals surface area contributed by atoms with Crippen LogP contribution in [0, 0.1) is 17.6 Å². The minimum Gasteiger partial charge on any atom is -0.330 e. The number of benzene rings is 1. The first-order valence-corrected chi connectivity index (χ1v) is 6.23. The Kier molecular flexibility index (Phi) is 5.23. The molecule has 0 aliphatic carbocycles. The standard InChI is InChI=1S/C14H22F2N2/c1-10(7-17)8-18-9-14(2,3)12-5-4-11(15)6-13(12)16/h4-6,10,18H,7-9,17H2,1-3H3. The summed E-state index contributed by atoms with van der Waals surface area (Å²) < 4.78 is 26.6. The topological polar surface area (TPSA) is 38.0 Å². The lowest BCUT2D eigenvalue weighted by Crippen LogP contribution is -2.37. The molecule has 1 unspecified atom stereocenters. The molecule has 1 aromatic carbocycles. The van der Waals surface area contributed by atoms with E-state index in [1.54, 1.807) is 0 Å². The molecule has 0 saturated heterocycles. The van der Waals surface area contributed by atoms with Crippen molar-refractivity contribution >= 4 is 0 Å². The van der Waals surface area contributed by atoms with Gasteiger partial charge in [0.2, 0.25) is 0 Å². The predicted molar refractivity (Wildman–Crippen MR) is 70.5 cm³/mol. The van der Waals surface area contributed by atoms with Crippen molar-refractivity contribution in [1.82, 2.24) is 5.32 Å². The Hall–Kier alpha value is -1.00. The minimum atomic E-state index is -0.545. The van der Waals surface area contributed by atoms with Crippen LogP contribution in [0.4, 0.5) is 8.78 Å². The molecule has 0 aliphatic rings. The van der Waals surface area contributed by atoms with Gasteiger partial charge in [-0.3, -0.25) is 0 Å². The maximum atomic E-state index is 13.7. The Morgan fingerprint density at radius 2 is 2.00 bits per heavy atom. The largest absolute Gasteiger partial charge is 0.330 e. The smallest absolute Gasteiger partial charge is 0.129 e. The summed E-state index contributed by atoms with van der Waals surface area (Å²) in [6.07, 6.45) is 0. The van der Waals surface area contributed by atoms with E-state index >= 15 is 0 Å². The van der Waals surface area contributed by atoms with Gasteiger partial charge in [-0.25, -0.2) is 8.78 Å². The third-order valence-corrected chi connectivity index (χ3v) is 3.12. The van der Waals surface area contributed by atoms with Gasteiger partial charge in [-0.05, 0) is 30.6 Å². The van der Waals surface area contributed by atoms with Crippen molar-refractivity contribution in [3.05, 3.63) is 35.4 Å². The van der Waals surface area contributed by atoms with Crippen LogP contribution in [0.15, 0.2) is 18.2 Å². The van der Waals surface area contributed by atoms with E-state index in [1.165, 1.54) is 12.1 Å². The van der Waals surface area contributed by atoms with Gasteiger partial charge in [0.25, 0.3) is 0 Å². The van der Waals surface area contributed by atoms with E-state index in [2.05, 4.69) is 12.2 Å². The number of halogens is 2. The molecule has 0 saturated carbocycles. The zero-order chi connectivity index (χ0) is 13.8. The third-order valence-electron chi connectivity index (χ3n) is 3.12. The summed E-state index contributed by atoms with van der Waals surface area (Å²) >= 11 is 0. The summed E-state index contributed by atoms with van der Waals surface area (Å²) in [5.74, 6) is -0.649. The quantitative estimate of drug-likeness (QED) is 0.820. The Labute approximate surface area is 108 Å². The first-order chi connectivity index (χ1) is 8.36. The van der Waals surface area contributed by atoms with E-state index in [0.717, 1.165) is 12.6 Å². The van der Waals surface area contributed by atoms with Crippen LogP contribution >= 0.6 is 0 Å². The van der Waals surface area contributed by atoms with Gasteiger partial charge in [0.05, 0.1) is 0 Å². The van der Waals surface area contributed by atoms with E-state index in [-0.39, 0.29) is 5.41 Å². The van der Waals surface area contributed by atoms with Crippen molar-refractivity contribution in [2.75, 3.05) is 19.6 Å². The molecule has 1 atom stereocenters. The SMILES string of the molecule is CC(CN)CNCC(C)(C)c1ccc(F)cc1F. The van der Waals surface area contributed by atoms with Crippen LogP contribution in [0.1, 0.15) is 26.3 Å². The van der Waals surface area contributed by atoms with Crippen LogP contribution in [-0.2, 0) is 5.41 Å². The zero-order valence-corrected chi connectivity index (χ0v) is 11.3. The summed E-state index contributed by atoms with van der Waals surface area (Å²) in [6, 6.07) is 3.74. The normalized spacial score (nSPS) is 13.7. The molecular formula is C14H22F2N2. The molecule has 0 heterocycles. The molecule has 0 bridgehead atoms. The van der Waals surface area contributed by atoms with E-state index < -0.39 is 11.6 Å². The number of hydrogen-bond donors (Lipinski definition) is 2. The Balaban J connectivity index is 2.67. The van der Waals surface area contributed by atoms with Gasteiger partial charge in [-0.1, -0.05) is 26.8 Å². The van der Waals surface area contributed by atoms with Crippen molar-refractivity contribution in [2.24, 2.45) is 11.7 Å². The molecule has 3 N–H and O–H groups in total. The minimum absolute atomic E-state index is 0.383. The third kappa shape index (κ3) is 4.03. The van der Waals surface area contributed by atoms with Gasteiger partial charge in [0.15, 0.2) is 0 Å². The second kappa shape index (κ2) is 6.25. The number of nitrogens with two attached hydrogens (primary N) is 1. The monoisotopic (exact) mass is 256 g/mol. The highest BCUT2D eigenvalue weighted by atomic mass is 19.1. The lowest BCUT2D eigenvalue weighted by Gasteiger charge is -2.27. The summed E-state index contributed by atoms with van der Waals surface area (Å²) in [6.45, 7) is 7.96. The molecule has 18 heavy (non-hydrogen) atoms. The summed E-state index contributed by atoms with van der Waals surface area (Å²) in [5.41, 5.74) is 5.67. The van der Waals surface area contributed by atoms with Crippen LogP contribution < -0.4 is 11.1 Å². The summed E-state index contributed by atoms with van der Waals surface area (Å²) in [7, 11) is 0. The van der Waals surface area contributed by atoms with Crippen molar-refractivity contribution in [3.63, 3.8) is 0 Å². The first kappa shape index (κ1) is 15.1. The van der Waals surface area contributed by atoms with E-state index in [1.807, 2.05) is 13.8 Å². The average Bonchev–Trinajstić information content (AvgIpc) is 2.27. The predicted octanol–water partition coefficient (Wildman–Crippen LogP) is 2.43. The van der Waals surface area contributed by atoms with Crippen molar-refractivity contribution in [3.8, 4) is 0 Å². The molecule has 0 radical (unpaired) electrons. The van der Waals surface area contributed by atoms with E-state index in [4.69, 9.17) is 5.73 Å². The van der Waals surface area contributed by atoms with Crippen LogP contribution in [0.5, 0.6) is 0 Å². The van der Waals surface area contributed by atoms with Gasteiger partial charge in [-0.15, -0.1) is 0 Å². The highest BCUT2D eigenvalue weighted by Crippen LogP contribution is 2.25. The lowest BCUT2D eigenvalue weighted by molar-refractivity contribution is 0.418. The molecule has 2 nitrogen and oxygen atoms in total. The van der Waals surface area contributed by atoms with Crippen LogP contribution in [-0.4, -0.2) is 19.6 Å². The maximum Gasteiger partial charge on any atom is 0.129 e. The van der Waals surface area contributed by atoms with E-state index in [9.17, 15) is 8.78 Å². The average molecular weight is 256 g/mol. The molecule has 0 amide bonds. The summed E-state index contributed by atoms with van der Waals surface area (Å²) in [5, 5.41) is 3.28. The molecule has 4 heteroatoms. The van der Waals surface area contributed by atoms with Gasteiger partial charge in [0, 0.05) is 18.0 Å². The number of hydrogen-bond acceptors (Lipinski definition) is 2. The second-order valence-corrected chi connectivity index (χ2v) is 5.48. The van der Waals surface area contributed by atoms with Crippen molar-refractivity contribution in [2.45, 2.75) is 26.2 Å². The number of nitrogens with one attached hydrogen (secondary N) is 1. The Morgan fingerprint density at radius 3 is 2.56 bits per heavy atom. The molecule has 1 aromatic rings. The van der Waals surface area contributed by atoms with Crippen molar-refractivity contribution in [1.29, 1.82) is 0 Å². The highest BCUT2D eigenvalue weighted by Gasteiger charge is 2.24. The van der Waals surface area contributed by atoms with Gasteiger partial charge in [-0.2, -0.15) is 0 Å². The summed E-state index contributed by atoms with van der Waals surface area (Å²) in [4.78, 5) is 0. The molecule has 0 aromatic heterocycles. The fourth-order valence-electron chi connectivity index (χ4n) is 1.85. The molecule has 0 fully saturated rings. The van der Waals surface area contributed by atoms with Gasteiger partial charge >= 0.3 is 0 Å². The second-order valence-electron chi connectivity index (χ2n) is 5.48. The Morgan fingerprint density at radius 1 is 1.33 bits per heavy atom. The number of rotatable bonds is 6. The maximum absolute atomic E-state index is 13.7. The van der Waals surface area contributed by atoms with Crippen LogP contribution in [0.2, 0.25) is 0 Å². The van der Waals surface area contributed by atoms with Crippen LogP contribution in [0.25, 0.3) is 0 Å². The van der Waals surface area contributed by atoms with Crippen LogP contribution in [0.3, 0.4) is 0 Å². The molecule has 0 aliphatic heterocycles. The fraction of sp³-hybridized carbons (Fsp3) is 0.571.